The molecule has 5 aromatic rings. The van der Waals surface area contributed by atoms with Crippen molar-refractivity contribution in [2.45, 2.75) is 0 Å². The third-order valence-electron chi connectivity index (χ3n) is 4.82. The Balaban J connectivity index is 1.62. The normalized spacial score (nSPS) is 11.6. The van der Waals surface area contributed by atoms with Crippen molar-refractivity contribution in [3.8, 4) is 22.5 Å². The van der Waals surface area contributed by atoms with E-state index in [0.717, 1.165) is 39.5 Å². The standard InChI is InChI=1S/C21H15N7O2S/c1-22-17-4-3-5-18-15(17)8-19(25-18)20-16-7-13(10-24-21(16)27-26-20)12-6-14(11-23-9-12)28-31(2,29)30/h3-11,25,28H,2H3,(H,24,26,27). The van der Waals surface area contributed by atoms with Crippen LogP contribution in [0.2, 0.25) is 0 Å². The molecule has 4 aromatic heterocycles. The van der Waals surface area contributed by atoms with Gasteiger partial charge >= 0.3 is 0 Å². The van der Waals surface area contributed by atoms with E-state index in [1.54, 1.807) is 24.5 Å². The highest BCUT2D eigenvalue weighted by molar-refractivity contribution is 7.92. The molecule has 0 saturated carbocycles. The van der Waals surface area contributed by atoms with Gasteiger partial charge in [0.25, 0.3) is 0 Å². The Morgan fingerprint density at radius 2 is 1.90 bits per heavy atom. The van der Waals surface area contributed by atoms with Crippen molar-refractivity contribution in [2.75, 3.05) is 11.0 Å². The maximum absolute atomic E-state index is 11.5. The zero-order valence-corrected chi connectivity index (χ0v) is 17.0. The summed E-state index contributed by atoms with van der Waals surface area (Å²) in [5, 5.41) is 8.93. The number of nitrogens with one attached hydrogen (secondary N) is 3. The lowest BCUT2D eigenvalue weighted by molar-refractivity contribution is 0.607. The minimum atomic E-state index is -3.41. The maximum atomic E-state index is 11.5. The number of fused-ring (bicyclic) bond motifs is 2. The Morgan fingerprint density at radius 1 is 1.06 bits per heavy atom. The van der Waals surface area contributed by atoms with Gasteiger partial charge in [0.05, 0.1) is 36.1 Å². The van der Waals surface area contributed by atoms with Crippen molar-refractivity contribution in [3.05, 3.63) is 66.4 Å². The first-order chi connectivity index (χ1) is 14.9. The number of sulfonamides is 1. The molecule has 0 fully saturated rings. The molecule has 0 radical (unpaired) electrons. The predicted molar refractivity (Wildman–Crippen MR) is 119 cm³/mol. The van der Waals surface area contributed by atoms with Gasteiger partial charge in [-0.2, -0.15) is 5.10 Å². The molecule has 0 amide bonds. The lowest BCUT2D eigenvalue weighted by Gasteiger charge is -2.06. The summed E-state index contributed by atoms with van der Waals surface area (Å²) in [5.74, 6) is 0. The Morgan fingerprint density at radius 3 is 2.71 bits per heavy atom. The average molecular weight is 429 g/mol. The fourth-order valence-electron chi connectivity index (χ4n) is 3.50. The molecule has 0 bridgehead atoms. The highest BCUT2D eigenvalue weighted by Crippen LogP contribution is 2.34. The summed E-state index contributed by atoms with van der Waals surface area (Å²) in [6, 6.07) is 11.1. The average Bonchev–Trinajstić information content (AvgIpc) is 3.35. The molecule has 0 spiro atoms. The first kappa shape index (κ1) is 18.8. The summed E-state index contributed by atoms with van der Waals surface area (Å²) >= 11 is 0. The van der Waals surface area contributed by atoms with Crippen LogP contribution in [0.3, 0.4) is 0 Å². The van der Waals surface area contributed by atoms with Crippen LogP contribution in [-0.4, -0.2) is 39.8 Å². The largest absolute Gasteiger partial charge is 0.354 e. The molecule has 0 saturated heterocycles. The summed E-state index contributed by atoms with van der Waals surface area (Å²) in [5.41, 5.74) is 5.35. The quantitative estimate of drug-likeness (QED) is 0.372. The second kappa shape index (κ2) is 6.93. The lowest BCUT2D eigenvalue weighted by atomic mass is 10.1. The van der Waals surface area contributed by atoms with Gasteiger partial charge in [-0.15, -0.1) is 0 Å². The van der Waals surface area contributed by atoms with Crippen molar-refractivity contribution in [1.82, 2.24) is 25.1 Å². The zero-order chi connectivity index (χ0) is 21.6. The fraction of sp³-hybridized carbons (Fsp3) is 0.0476. The molecule has 4 heterocycles. The monoisotopic (exact) mass is 429 g/mol. The van der Waals surface area contributed by atoms with Gasteiger partial charge in [-0.25, -0.2) is 18.2 Å². The molecule has 10 heteroatoms. The van der Waals surface area contributed by atoms with Gasteiger partial charge in [-0.3, -0.25) is 14.8 Å². The summed E-state index contributed by atoms with van der Waals surface area (Å²) in [4.78, 5) is 15.5. The molecule has 0 aliphatic rings. The molecule has 3 N–H and O–H groups in total. The Kier molecular flexibility index (Phi) is 4.20. The molecule has 0 aliphatic carbocycles. The van der Waals surface area contributed by atoms with Crippen LogP contribution < -0.4 is 4.72 Å². The number of hydrogen-bond donors (Lipinski definition) is 3. The highest BCUT2D eigenvalue weighted by Gasteiger charge is 2.14. The van der Waals surface area contributed by atoms with E-state index in [4.69, 9.17) is 6.57 Å². The smallest absolute Gasteiger partial charge is 0.229 e. The number of rotatable bonds is 4. The van der Waals surface area contributed by atoms with E-state index in [-0.39, 0.29) is 0 Å². The van der Waals surface area contributed by atoms with Crippen molar-refractivity contribution >= 4 is 43.3 Å². The molecule has 9 nitrogen and oxygen atoms in total. The van der Waals surface area contributed by atoms with Gasteiger partial charge < -0.3 is 4.98 Å². The van der Waals surface area contributed by atoms with Crippen LogP contribution in [0, 0.1) is 6.57 Å². The molecule has 1 aromatic carbocycles. The van der Waals surface area contributed by atoms with E-state index in [2.05, 4.69) is 34.7 Å². The van der Waals surface area contributed by atoms with Crippen molar-refractivity contribution < 1.29 is 8.42 Å². The lowest BCUT2D eigenvalue weighted by Crippen LogP contribution is -2.09. The number of aromatic amines is 2. The van der Waals surface area contributed by atoms with E-state index in [0.29, 0.717) is 22.6 Å². The summed E-state index contributed by atoms with van der Waals surface area (Å²) in [6.07, 6.45) is 5.83. The van der Waals surface area contributed by atoms with Crippen molar-refractivity contribution in [2.24, 2.45) is 0 Å². The van der Waals surface area contributed by atoms with Gasteiger partial charge in [0.15, 0.2) is 11.3 Å². The van der Waals surface area contributed by atoms with E-state index in [1.807, 2.05) is 24.3 Å². The third-order valence-corrected chi connectivity index (χ3v) is 5.42. The first-order valence-corrected chi connectivity index (χ1v) is 11.1. The zero-order valence-electron chi connectivity index (χ0n) is 16.2. The van der Waals surface area contributed by atoms with Gasteiger partial charge in [0.1, 0.15) is 0 Å². The number of anilines is 1. The predicted octanol–water partition coefficient (Wildman–Crippen LogP) is 4.09. The molecule has 5 rings (SSSR count). The topological polar surface area (TPSA) is 121 Å². The second-order valence-corrected chi connectivity index (χ2v) is 8.81. The van der Waals surface area contributed by atoms with Crippen LogP contribution >= 0.6 is 0 Å². The first-order valence-electron chi connectivity index (χ1n) is 9.18. The minimum absolute atomic E-state index is 0.370. The molecule has 31 heavy (non-hydrogen) atoms. The van der Waals surface area contributed by atoms with E-state index in [1.165, 1.54) is 6.20 Å². The van der Waals surface area contributed by atoms with Crippen LogP contribution in [-0.2, 0) is 10.0 Å². The van der Waals surface area contributed by atoms with Crippen LogP contribution in [0.5, 0.6) is 0 Å². The van der Waals surface area contributed by atoms with Gasteiger partial charge in [-0.05, 0) is 24.3 Å². The second-order valence-electron chi connectivity index (χ2n) is 7.06. The SMILES string of the molecule is [C-]#[N+]c1cccc2[nH]c(-c3[nH]nc4ncc(-c5cncc(NS(C)(=O)=O)c5)cc34)cc12. The summed E-state index contributed by atoms with van der Waals surface area (Å²) in [7, 11) is -3.41. The number of benzene rings is 1. The summed E-state index contributed by atoms with van der Waals surface area (Å²) in [6.45, 7) is 7.37. The Hall–Kier alpha value is -4.23. The van der Waals surface area contributed by atoms with Crippen LogP contribution in [0.1, 0.15) is 0 Å². The minimum Gasteiger partial charge on any atom is -0.354 e. The van der Waals surface area contributed by atoms with E-state index < -0.39 is 10.0 Å². The molecular weight excluding hydrogens is 414 g/mol. The fourth-order valence-corrected chi connectivity index (χ4v) is 4.04. The molecule has 0 unspecified atom stereocenters. The number of H-pyrrole nitrogens is 2. The van der Waals surface area contributed by atoms with Crippen LogP contribution in [0.4, 0.5) is 11.4 Å². The van der Waals surface area contributed by atoms with Crippen molar-refractivity contribution in [1.29, 1.82) is 0 Å². The Labute approximate surface area is 177 Å². The Bertz CT molecular complexity index is 1610. The number of nitrogens with zero attached hydrogens (tertiary/aromatic N) is 4. The summed E-state index contributed by atoms with van der Waals surface area (Å²) < 4.78 is 25.5. The highest BCUT2D eigenvalue weighted by atomic mass is 32.2. The van der Waals surface area contributed by atoms with E-state index in [9.17, 15) is 8.42 Å². The van der Waals surface area contributed by atoms with Crippen molar-refractivity contribution in [3.63, 3.8) is 0 Å². The third kappa shape index (κ3) is 3.47. The van der Waals surface area contributed by atoms with Crippen LogP contribution in [0.15, 0.2) is 55.0 Å². The number of hydrogen-bond acceptors (Lipinski definition) is 5. The molecule has 0 atom stereocenters. The van der Waals surface area contributed by atoms with Gasteiger partial charge in [0, 0.05) is 39.8 Å². The number of aromatic nitrogens is 5. The van der Waals surface area contributed by atoms with Gasteiger partial charge in [0.2, 0.25) is 10.0 Å². The van der Waals surface area contributed by atoms with E-state index >= 15 is 0 Å². The molecule has 152 valence electrons. The van der Waals surface area contributed by atoms with Crippen LogP contribution in [0.25, 0.3) is 49.3 Å². The van der Waals surface area contributed by atoms with Gasteiger partial charge in [-0.1, -0.05) is 12.1 Å². The molecule has 0 aliphatic heterocycles. The maximum Gasteiger partial charge on any atom is 0.229 e. The molecular formula is C21H15N7O2S. The number of pyridine rings is 2.